The molecule has 1 saturated carbocycles. The van der Waals surface area contributed by atoms with Crippen LogP contribution in [0.25, 0.3) is 0 Å². The van der Waals surface area contributed by atoms with Gasteiger partial charge < -0.3 is 5.32 Å². The minimum absolute atomic E-state index is 0.0735. The summed E-state index contributed by atoms with van der Waals surface area (Å²) in [6, 6.07) is 0.0735. The van der Waals surface area contributed by atoms with Gasteiger partial charge in [-0.1, -0.05) is 19.8 Å². The maximum Gasteiger partial charge on any atom is 0.148 e. The molecule has 1 atom stereocenters. The first-order chi connectivity index (χ1) is 7.37. The molecule has 1 aliphatic rings. The number of rotatable bonds is 7. The Hall–Kier alpha value is -0.0900. The summed E-state index contributed by atoms with van der Waals surface area (Å²) in [5, 5.41) is 3.39. The number of sulfone groups is 1. The van der Waals surface area contributed by atoms with Gasteiger partial charge in [-0.15, -0.1) is 0 Å². The molecule has 1 aliphatic carbocycles. The lowest BCUT2D eigenvalue weighted by molar-refractivity contribution is 0.113. The first-order valence-corrected chi connectivity index (χ1v) is 8.34. The Balaban J connectivity index is 2.32. The van der Waals surface area contributed by atoms with Gasteiger partial charge >= 0.3 is 0 Å². The molecule has 0 aromatic rings. The van der Waals surface area contributed by atoms with Crippen molar-refractivity contribution in [1.82, 2.24) is 5.32 Å². The van der Waals surface area contributed by atoms with Crippen LogP contribution in [0.15, 0.2) is 0 Å². The Morgan fingerprint density at radius 2 is 2.00 bits per heavy atom. The van der Waals surface area contributed by atoms with E-state index < -0.39 is 9.84 Å². The van der Waals surface area contributed by atoms with Crippen molar-refractivity contribution in [3.63, 3.8) is 0 Å². The molecule has 1 unspecified atom stereocenters. The van der Waals surface area contributed by atoms with Crippen molar-refractivity contribution < 1.29 is 8.42 Å². The molecule has 0 amide bonds. The van der Waals surface area contributed by atoms with Crippen LogP contribution < -0.4 is 5.32 Å². The smallest absolute Gasteiger partial charge is 0.148 e. The van der Waals surface area contributed by atoms with Crippen molar-refractivity contribution in [3.8, 4) is 0 Å². The molecule has 1 N–H and O–H groups in total. The molecule has 0 radical (unpaired) electrons. The molecule has 1 fully saturated rings. The second kappa shape index (κ2) is 5.50. The van der Waals surface area contributed by atoms with Crippen molar-refractivity contribution in [2.75, 3.05) is 18.6 Å². The number of hydrogen-bond acceptors (Lipinski definition) is 3. The van der Waals surface area contributed by atoms with E-state index in [0.717, 1.165) is 6.54 Å². The lowest BCUT2D eigenvalue weighted by Gasteiger charge is -2.43. The summed E-state index contributed by atoms with van der Waals surface area (Å²) in [5.74, 6) is 0.245. The van der Waals surface area contributed by atoms with E-state index in [0.29, 0.717) is 5.41 Å². The monoisotopic (exact) mass is 247 g/mol. The lowest BCUT2D eigenvalue weighted by atomic mass is 9.66. The van der Waals surface area contributed by atoms with Gasteiger partial charge in [-0.25, -0.2) is 8.42 Å². The van der Waals surface area contributed by atoms with Crippen molar-refractivity contribution >= 4 is 9.84 Å². The normalized spacial score (nSPS) is 21.4. The molecule has 3 nitrogen and oxygen atoms in total. The van der Waals surface area contributed by atoms with Gasteiger partial charge in [-0.3, -0.25) is 0 Å². The second-order valence-electron chi connectivity index (χ2n) is 5.48. The summed E-state index contributed by atoms with van der Waals surface area (Å²) in [5.41, 5.74) is 0.473. The Morgan fingerprint density at radius 3 is 2.38 bits per heavy atom. The Kier molecular flexibility index (Phi) is 4.80. The summed E-state index contributed by atoms with van der Waals surface area (Å²) in [4.78, 5) is 0. The molecule has 96 valence electrons. The first-order valence-electron chi connectivity index (χ1n) is 6.28. The highest BCUT2D eigenvalue weighted by molar-refractivity contribution is 7.90. The van der Waals surface area contributed by atoms with E-state index >= 15 is 0 Å². The highest BCUT2D eigenvalue weighted by atomic mass is 32.2. The van der Waals surface area contributed by atoms with E-state index in [-0.39, 0.29) is 11.8 Å². The van der Waals surface area contributed by atoms with Crippen LogP contribution in [-0.2, 0) is 9.84 Å². The van der Waals surface area contributed by atoms with Gasteiger partial charge in [0.25, 0.3) is 0 Å². The fourth-order valence-corrected chi connectivity index (χ4v) is 3.65. The fraction of sp³-hybridized carbons (Fsp3) is 1.00. The van der Waals surface area contributed by atoms with Crippen LogP contribution in [0.1, 0.15) is 46.0 Å². The Bertz CT molecular complexity index is 307. The molecule has 0 spiro atoms. The van der Waals surface area contributed by atoms with E-state index in [1.165, 1.54) is 38.4 Å². The lowest BCUT2D eigenvalue weighted by Crippen LogP contribution is -2.44. The summed E-state index contributed by atoms with van der Waals surface area (Å²) >= 11 is 0. The van der Waals surface area contributed by atoms with E-state index in [1.807, 2.05) is 6.92 Å². The molecule has 0 bridgehead atoms. The summed E-state index contributed by atoms with van der Waals surface area (Å²) in [7, 11) is -2.85. The van der Waals surface area contributed by atoms with Crippen molar-refractivity contribution in [2.24, 2.45) is 5.41 Å². The van der Waals surface area contributed by atoms with Crippen LogP contribution in [0.4, 0.5) is 0 Å². The zero-order valence-corrected chi connectivity index (χ0v) is 11.6. The SMILES string of the molecule is CCCC1(CNC(C)CS(C)(=O)=O)CCC1. The minimum Gasteiger partial charge on any atom is -0.313 e. The predicted molar refractivity (Wildman–Crippen MR) is 68.4 cm³/mol. The molecule has 4 heteroatoms. The van der Waals surface area contributed by atoms with Crippen LogP contribution in [0.2, 0.25) is 0 Å². The molecule has 0 aromatic heterocycles. The number of nitrogens with one attached hydrogen (secondary N) is 1. The maximum atomic E-state index is 11.1. The molecule has 0 aromatic carbocycles. The van der Waals surface area contributed by atoms with E-state index in [9.17, 15) is 8.42 Å². The molecule has 1 rings (SSSR count). The van der Waals surface area contributed by atoms with Crippen LogP contribution in [-0.4, -0.2) is 33.0 Å². The zero-order chi connectivity index (χ0) is 12.2. The van der Waals surface area contributed by atoms with Crippen molar-refractivity contribution in [3.05, 3.63) is 0 Å². The van der Waals surface area contributed by atoms with Crippen molar-refractivity contribution in [2.45, 2.75) is 52.0 Å². The Labute approximate surface area is 99.9 Å². The van der Waals surface area contributed by atoms with Gasteiger partial charge in [0.1, 0.15) is 9.84 Å². The molecule has 0 aliphatic heterocycles. The average Bonchev–Trinajstić information content (AvgIpc) is 2.06. The first kappa shape index (κ1) is 14.0. The van der Waals surface area contributed by atoms with Crippen LogP contribution in [0.5, 0.6) is 0 Å². The predicted octanol–water partition coefficient (Wildman–Crippen LogP) is 1.98. The molecule has 0 saturated heterocycles. The average molecular weight is 247 g/mol. The highest BCUT2D eigenvalue weighted by Crippen LogP contribution is 2.44. The molecule has 0 heterocycles. The van der Waals surface area contributed by atoms with E-state index in [1.54, 1.807) is 0 Å². The fourth-order valence-electron chi connectivity index (χ4n) is 2.63. The molecular formula is C12H25NO2S. The highest BCUT2D eigenvalue weighted by Gasteiger charge is 2.35. The quantitative estimate of drug-likeness (QED) is 0.748. The summed E-state index contributed by atoms with van der Waals surface area (Å²) in [6.07, 6.45) is 7.74. The van der Waals surface area contributed by atoms with Gasteiger partial charge in [-0.2, -0.15) is 0 Å². The van der Waals surface area contributed by atoms with Gasteiger partial charge in [0.05, 0.1) is 5.75 Å². The van der Waals surface area contributed by atoms with Crippen LogP contribution >= 0.6 is 0 Å². The maximum absolute atomic E-state index is 11.1. The van der Waals surface area contributed by atoms with Crippen LogP contribution in [0, 0.1) is 5.41 Å². The van der Waals surface area contributed by atoms with Gasteiger partial charge in [0.2, 0.25) is 0 Å². The second-order valence-corrected chi connectivity index (χ2v) is 7.66. The van der Waals surface area contributed by atoms with Crippen molar-refractivity contribution in [1.29, 1.82) is 0 Å². The zero-order valence-electron chi connectivity index (χ0n) is 10.8. The molecule has 16 heavy (non-hydrogen) atoms. The molecular weight excluding hydrogens is 222 g/mol. The van der Waals surface area contributed by atoms with Gasteiger partial charge in [0.15, 0.2) is 0 Å². The topological polar surface area (TPSA) is 46.2 Å². The van der Waals surface area contributed by atoms with Gasteiger partial charge in [0, 0.05) is 18.8 Å². The minimum atomic E-state index is -2.85. The third-order valence-electron chi connectivity index (χ3n) is 3.57. The third-order valence-corrected chi connectivity index (χ3v) is 4.68. The number of hydrogen-bond donors (Lipinski definition) is 1. The Morgan fingerprint density at radius 1 is 1.38 bits per heavy atom. The largest absolute Gasteiger partial charge is 0.313 e. The third kappa shape index (κ3) is 4.42. The van der Waals surface area contributed by atoms with E-state index in [4.69, 9.17) is 0 Å². The summed E-state index contributed by atoms with van der Waals surface area (Å²) in [6.45, 7) is 5.16. The van der Waals surface area contributed by atoms with Crippen LogP contribution in [0.3, 0.4) is 0 Å². The standard InChI is InChI=1S/C12H25NO2S/c1-4-6-12(7-5-8-12)10-13-11(2)9-16(3,14)15/h11,13H,4-10H2,1-3H3. The van der Waals surface area contributed by atoms with Gasteiger partial charge in [-0.05, 0) is 31.6 Å². The van der Waals surface area contributed by atoms with E-state index in [2.05, 4.69) is 12.2 Å². The summed E-state index contributed by atoms with van der Waals surface area (Å²) < 4.78 is 22.3.